The van der Waals surface area contributed by atoms with Gasteiger partial charge in [0.25, 0.3) is 0 Å². The fourth-order valence-corrected chi connectivity index (χ4v) is 2.67. The van der Waals surface area contributed by atoms with Gasteiger partial charge in [-0.25, -0.2) is 13.8 Å². The third-order valence-electron chi connectivity index (χ3n) is 3.61. The normalized spacial score (nSPS) is 12.7. The molecule has 0 aliphatic rings. The molecule has 0 saturated heterocycles. The maximum atomic E-state index is 14.0. The van der Waals surface area contributed by atoms with Gasteiger partial charge >= 0.3 is 0 Å². The van der Waals surface area contributed by atoms with Crippen molar-refractivity contribution in [1.29, 1.82) is 0 Å². The number of nitrogens with one attached hydrogen (secondary N) is 1. The van der Waals surface area contributed by atoms with Crippen molar-refractivity contribution < 1.29 is 13.9 Å². The van der Waals surface area contributed by atoms with Crippen molar-refractivity contribution in [2.75, 3.05) is 6.61 Å². The molecule has 2 N–H and O–H groups in total. The van der Waals surface area contributed by atoms with E-state index in [4.69, 9.17) is 0 Å². The van der Waals surface area contributed by atoms with Gasteiger partial charge in [-0.05, 0) is 36.2 Å². The largest absolute Gasteiger partial charge is 0.395 e. The molecule has 1 heterocycles. The minimum absolute atomic E-state index is 0.0319. The zero-order valence-corrected chi connectivity index (χ0v) is 14.6. The number of hydrogen-bond donors (Lipinski definition) is 2. The molecule has 0 amide bonds. The molecule has 0 radical (unpaired) electrons. The average Bonchev–Trinajstić information content (AvgIpc) is 2.48. The van der Waals surface area contributed by atoms with Crippen LogP contribution in [0, 0.1) is 17.6 Å². The zero-order valence-electron chi connectivity index (χ0n) is 13.0. The van der Waals surface area contributed by atoms with Gasteiger partial charge < -0.3 is 10.4 Å². The fraction of sp³-hybridized carbons (Fsp3) is 0.353. The first-order valence-corrected chi connectivity index (χ1v) is 8.16. The highest BCUT2D eigenvalue weighted by atomic mass is 79.9. The molecule has 0 aliphatic carbocycles. The summed E-state index contributed by atoms with van der Waals surface area (Å²) in [6, 6.07) is 7.14. The number of halogens is 3. The van der Waals surface area contributed by atoms with Gasteiger partial charge in [-0.15, -0.1) is 0 Å². The van der Waals surface area contributed by atoms with Gasteiger partial charge in [0.15, 0.2) is 0 Å². The summed E-state index contributed by atoms with van der Waals surface area (Å²) in [7, 11) is 0. The highest BCUT2D eigenvalue weighted by Crippen LogP contribution is 2.24. The number of rotatable bonds is 6. The lowest BCUT2D eigenvalue weighted by Crippen LogP contribution is -2.36. The first-order chi connectivity index (χ1) is 10.9. The summed E-state index contributed by atoms with van der Waals surface area (Å²) in [6.45, 7) is 4.10. The summed E-state index contributed by atoms with van der Waals surface area (Å²) in [5, 5.41) is 12.4. The van der Waals surface area contributed by atoms with Gasteiger partial charge in [0.2, 0.25) is 0 Å². The van der Waals surface area contributed by atoms with Crippen molar-refractivity contribution >= 4 is 15.9 Å². The zero-order chi connectivity index (χ0) is 17.0. The van der Waals surface area contributed by atoms with E-state index in [9.17, 15) is 13.9 Å². The van der Waals surface area contributed by atoms with E-state index in [1.54, 1.807) is 6.07 Å². The molecule has 124 valence electrons. The Morgan fingerprint density at radius 3 is 2.57 bits per heavy atom. The first kappa shape index (κ1) is 18.0. The van der Waals surface area contributed by atoms with Crippen LogP contribution in [0.4, 0.5) is 8.78 Å². The molecule has 3 nitrogen and oxygen atoms in total. The highest BCUT2D eigenvalue weighted by molar-refractivity contribution is 9.10. The van der Waals surface area contributed by atoms with Gasteiger partial charge in [0.05, 0.1) is 18.0 Å². The molecule has 0 aliphatic heterocycles. The molecular formula is C17H19BrF2N2O. The minimum atomic E-state index is -0.433. The van der Waals surface area contributed by atoms with E-state index in [0.717, 1.165) is 0 Å². The lowest BCUT2D eigenvalue weighted by molar-refractivity contribution is 0.209. The second kappa shape index (κ2) is 7.95. The Hall–Kier alpha value is -1.37. The number of aliphatic hydroxyl groups excluding tert-OH is 1. The Balaban J connectivity index is 2.25. The number of aromatic nitrogens is 1. The van der Waals surface area contributed by atoms with Crippen LogP contribution in [-0.2, 0) is 6.54 Å². The predicted molar refractivity (Wildman–Crippen MR) is 89.8 cm³/mol. The molecule has 2 rings (SSSR count). The van der Waals surface area contributed by atoms with Crippen molar-refractivity contribution in [3.05, 3.63) is 52.1 Å². The third-order valence-corrected chi connectivity index (χ3v) is 4.07. The van der Waals surface area contributed by atoms with Gasteiger partial charge in [-0.3, -0.25) is 0 Å². The summed E-state index contributed by atoms with van der Waals surface area (Å²) in [4.78, 5) is 4.28. The molecule has 0 spiro atoms. The Morgan fingerprint density at radius 2 is 1.96 bits per heavy atom. The Kier molecular flexibility index (Phi) is 6.21. The Bertz CT molecular complexity index is 659. The smallest absolute Gasteiger partial charge is 0.146 e. The van der Waals surface area contributed by atoms with Crippen LogP contribution in [0.15, 0.2) is 34.8 Å². The Labute approximate surface area is 142 Å². The number of aliphatic hydroxyl groups is 1. The van der Waals surface area contributed by atoms with Gasteiger partial charge in [-0.1, -0.05) is 29.8 Å². The minimum Gasteiger partial charge on any atom is -0.395 e. The van der Waals surface area contributed by atoms with Crippen LogP contribution in [0.1, 0.15) is 19.5 Å². The molecule has 6 heteroatoms. The van der Waals surface area contributed by atoms with Crippen LogP contribution in [0.5, 0.6) is 0 Å². The van der Waals surface area contributed by atoms with Crippen molar-refractivity contribution in [3.8, 4) is 11.3 Å². The lowest BCUT2D eigenvalue weighted by Gasteiger charge is -2.20. The molecule has 2 aromatic rings. The fourth-order valence-electron chi connectivity index (χ4n) is 2.21. The topological polar surface area (TPSA) is 45.1 Å². The third kappa shape index (κ3) is 4.80. The van der Waals surface area contributed by atoms with Crippen molar-refractivity contribution in [3.63, 3.8) is 0 Å². The number of benzene rings is 1. The van der Waals surface area contributed by atoms with Gasteiger partial charge in [0.1, 0.15) is 11.6 Å². The van der Waals surface area contributed by atoms with E-state index in [1.807, 2.05) is 13.8 Å². The molecule has 0 bridgehead atoms. The molecule has 1 atom stereocenters. The number of pyridine rings is 1. The maximum Gasteiger partial charge on any atom is 0.146 e. The van der Waals surface area contributed by atoms with E-state index in [-0.39, 0.29) is 36.6 Å². The number of hydrogen-bond acceptors (Lipinski definition) is 3. The monoisotopic (exact) mass is 384 g/mol. The van der Waals surface area contributed by atoms with Crippen LogP contribution in [0.2, 0.25) is 0 Å². The van der Waals surface area contributed by atoms with Crippen molar-refractivity contribution in [2.24, 2.45) is 5.92 Å². The summed E-state index contributed by atoms with van der Waals surface area (Å²) in [5.41, 5.74) is 1.30. The van der Waals surface area contributed by atoms with Crippen LogP contribution in [0.25, 0.3) is 11.3 Å². The van der Waals surface area contributed by atoms with E-state index in [2.05, 4.69) is 26.2 Å². The van der Waals surface area contributed by atoms with E-state index in [1.165, 1.54) is 24.3 Å². The Morgan fingerprint density at radius 1 is 1.22 bits per heavy atom. The lowest BCUT2D eigenvalue weighted by atomic mass is 10.1. The van der Waals surface area contributed by atoms with E-state index in [0.29, 0.717) is 15.7 Å². The highest BCUT2D eigenvalue weighted by Gasteiger charge is 2.14. The number of nitrogens with zero attached hydrogens (tertiary/aromatic N) is 1. The second-order valence-corrected chi connectivity index (χ2v) is 6.61. The first-order valence-electron chi connectivity index (χ1n) is 7.37. The van der Waals surface area contributed by atoms with Crippen LogP contribution in [0.3, 0.4) is 0 Å². The summed E-state index contributed by atoms with van der Waals surface area (Å²) in [6.07, 6.45) is 0. The standard InChI is InChI=1S/C17H19BrF2N2O/c1-10(2)17(9-23)21-8-16-14(20)3-4-15(22-16)11-5-12(18)7-13(19)6-11/h3-7,10,17,21,23H,8-9H2,1-2H3/t17-/m0/s1. The predicted octanol–water partition coefficient (Wildman–Crippen LogP) is 3.90. The van der Waals surface area contributed by atoms with Crippen molar-refractivity contribution in [1.82, 2.24) is 10.3 Å². The summed E-state index contributed by atoms with van der Waals surface area (Å²) in [5.74, 6) is -0.608. The molecule has 0 unspecified atom stereocenters. The molecule has 1 aromatic carbocycles. The summed E-state index contributed by atoms with van der Waals surface area (Å²) >= 11 is 3.24. The van der Waals surface area contributed by atoms with E-state index < -0.39 is 5.82 Å². The molecule has 1 aromatic heterocycles. The maximum absolute atomic E-state index is 14.0. The summed E-state index contributed by atoms with van der Waals surface area (Å²) < 4.78 is 28.1. The quantitative estimate of drug-likeness (QED) is 0.793. The molecule has 0 fully saturated rings. The SMILES string of the molecule is CC(C)[C@H](CO)NCc1nc(-c2cc(F)cc(Br)c2)ccc1F. The molecule has 23 heavy (non-hydrogen) atoms. The van der Waals surface area contributed by atoms with Gasteiger partial charge in [-0.2, -0.15) is 0 Å². The van der Waals surface area contributed by atoms with Crippen LogP contribution >= 0.6 is 15.9 Å². The van der Waals surface area contributed by atoms with Crippen LogP contribution < -0.4 is 5.32 Å². The van der Waals surface area contributed by atoms with Crippen LogP contribution in [-0.4, -0.2) is 22.7 Å². The molecule has 0 saturated carbocycles. The second-order valence-electron chi connectivity index (χ2n) is 5.70. The average molecular weight is 385 g/mol. The molecular weight excluding hydrogens is 366 g/mol. The van der Waals surface area contributed by atoms with E-state index >= 15 is 0 Å². The van der Waals surface area contributed by atoms with Gasteiger partial charge in [0, 0.05) is 22.6 Å². The van der Waals surface area contributed by atoms with Crippen molar-refractivity contribution in [2.45, 2.75) is 26.4 Å².